The van der Waals surface area contributed by atoms with Crippen molar-refractivity contribution in [3.05, 3.63) is 41.8 Å². The molecule has 1 atom stereocenters. The first-order chi connectivity index (χ1) is 11.2. The standard InChI is InChI=1S/C17H16FN3OS/c18-12-5-3-11(4-6-12)14-9-23-17-15(14)16(19-10-20-17)21-7-1-2-13(22)8-21/h3-6,9-10,13,22H,1-2,7-8H2. The molecule has 0 radical (unpaired) electrons. The predicted octanol–water partition coefficient (Wildman–Crippen LogP) is 3.46. The molecule has 1 aromatic carbocycles. The van der Waals surface area contributed by atoms with Gasteiger partial charge >= 0.3 is 0 Å². The summed E-state index contributed by atoms with van der Waals surface area (Å²) in [7, 11) is 0. The van der Waals surface area contributed by atoms with E-state index in [4.69, 9.17) is 0 Å². The van der Waals surface area contributed by atoms with Gasteiger partial charge in [0.1, 0.15) is 22.8 Å². The van der Waals surface area contributed by atoms with Crippen LogP contribution in [0.5, 0.6) is 0 Å². The Hall–Kier alpha value is -2.05. The number of hydrogen-bond acceptors (Lipinski definition) is 5. The van der Waals surface area contributed by atoms with Crippen molar-refractivity contribution < 1.29 is 9.50 Å². The SMILES string of the molecule is OC1CCCN(c2ncnc3scc(-c4ccc(F)cc4)c23)C1. The second kappa shape index (κ2) is 5.86. The van der Waals surface area contributed by atoms with Crippen LogP contribution < -0.4 is 4.90 Å². The molecule has 4 nitrogen and oxygen atoms in total. The van der Waals surface area contributed by atoms with Crippen molar-refractivity contribution >= 4 is 27.4 Å². The maximum Gasteiger partial charge on any atom is 0.141 e. The zero-order chi connectivity index (χ0) is 15.8. The van der Waals surface area contributed by atoms with Crippen LogP contribution in [-0.4, -0.2) is 34.3 Å². The molecule has 0 aliphatic carbocycles. The number of fused-ring (bicyclic) bond motifs is 1. The summed E-state index contributed by atoms with van der Waals surface area (Å²) in [6.07, 6.45) is 3.03. The molecule has 1 N–H and O–H groups in total. The Morgan fingerprint density at radius 3 is 2.83 bits per heavy atom. The Bertz CT molecular complexity index is 833. The Balaban J connectivity index is 1.85. The fourth-order valence-corrected chi connectivity index (χ4v) is 4.00. The molecule has 1 saturated heterocycles. The monoisotopic (exact) mass is 329 g/mol. The highest BCUT2D eigenvalue weighted by atomic mass is 32.1. The van der Waals surface area contributed by atoms with Crippen LogP contribution in [0.4, 0.5) is 10.2 Å². The Morgan fingerprint density at radius 2 is 2.04 bits per heavy atom. The zero-order valence-electron chi connectivity index (χ0n) is 12.4. The fourth-order valence-electron chi connectivity index (χ4n) is 3.09. The highest BCUT2D eigenvalue weighted by Gasteiger charge is 2.23. The normalized spacial score (nSPS) is 18.5. The Kier molecular flexibility index (Phi) is 3.71. The summed E-state index contributed by atoms with van der Waals surface area (Å²) < 4.78 is 13.2. The molecule has 0 bridgehead atoms. The number of aliphatic hydroxyl groups is 1. The van der Waals surface area contributed by atoms with Gasteiger partial charge in [-0.2, -0.15) is 0 Å². The molecule has 0 spiro atoms. The van der Waals surface area contributed by atoms with Gasteiger partial charge in [-0.3, -0.25) is 0 Å². The largest absolute Gasteiger partial charge is 0.391 e. The van der Waals surface area contributed by atoms with Crippen molar-refractivity contribution in [1.29, 1.82) is 0 Å². The van der Waals surface area contributed by atoms with Gasteiger partial charge in [0.2, 0.25) is 0 Å². The summed E-state index contributed by atoms with van der Waals surface area (Å²) in [4.78, 5) is 11.9. The summed E-state index contributed by atoms with van der Waals surface area (Å²) in [5.74, 6) is 0.609. The maximum atomic E-state index is 13.2. The van der Waals surface area contributed by atoms with Crippen LogP contribution in [-0.2, 0) is 0 Å². The number of aromatic nitrogens is 2. The van der Waals surface area contributed by atoms with Gasteiger partial charge in [0, 0.05) is 24.0 Å². The number of hydrogen-bond donors (Lipinski definition) is 1. The molecule has 3 heterocycles. The minimum absolute atomic E-state index is 0.246. The Morgan fingerprint density at radius 1 is 1.22 bits per heavy atom. The molecule has 1 aliphatic rings. The third-order valence-electron chi connectivity index (χ3n) is 4.20. The van der Waals surface area contributed by atoms with Crippen LogP contribution in [0.2, 0.25) is 0 Å². The van der Waals surface area contributed by atoms with E-state index in [1.54, 1.807) is 29.8 Å². The highest BCUT2D eigenvalue weighted by Crippen LogP contribution is 2.38. The number of nitrogens with zero attached hydrogens (tertiary/aromatic N) is 3. The first-order valence-electron chi connectivity index (χ1n) is 7.63. The van der Waals surface area contributed by atoms with Crippen molar-refractivity contribution in [2.45, 2.75) is 18.9 Å². The first-order valence-corrected chi connectivity index (χ1v) is 8.51. The van der Waals surface area contributed by atoms with Gasteiger partial charge in [-0.25, -0.2) is 14.4 Å². The van der Waals surface area contributed by atoms with Crippen LogP contribution in [0.25, 0.3) is 21.3 Å². The van der Waals surface area contributed by atoms with E-state index < -0.39 is 0 Å². The number of rotatable bonds is 2. The molecule has 0 amide bonds. The Labute approximate surface area is 137 Å². The third kappa shape index (κ3) is 2.68. The van der Waals surface area contributed by atoms with Crippen LogP contribution in [0, 0.1) is 5.82 Å². The number of aliphatic hydroxyl groups excluding tert-OH is 1. The molecule has 23 heavy (non-hydrogen) atoms. The average Bonchev–Trinajstić information content (AvgIpc) is 3.00. The average molecular weight is 329 g/mol. The minimum atomic E-state index is -0.318. The summed E-state index contributed by atoms with van der Waals surface area (Å²) in [5.41, 5.74) is 1.96. The molecule has 2 aromatic heterocycles. The second-order valence-corrected chi connectivity index (χ2v) is 6.63. The van der Waals surface area contributed by atoms with Crippen LogP contribution in [0.15, 0.2) is 36.0 Å². The molecule has 4 rings (SSSR count). The van der Waals surface area contributed by atoms with E-state index in [0.717, 1.165) is 46.5 Å². The van der Waals surface area contributed by atoms with Crippen LogP contribution >= 0.6 is 11.3 Å². The van der Waals surface area contributed by atoms with E-state index in [-0.39, 0.29) is 11.9 Å². The quantitative estimate of drug-likeness (QED) is 0.782. The molecular weight excluding hydrogens is 313 g/mol. The van der Waals surface area contributed by atoms with Gasteiger partial charge in [-0.15, -0.1) is 11.3 Å². The summed E-state index contributed by atoms with van der Waals surface area (Å²) >= 11 is 1.56. The van der Waals surface area contributed by atoms with Gasteiger partial charge in [0.25, 0.3) is 0 Å². The lowest BCUT2D eigenvalue weighted by atomic mass is 10.0. The summed E-state index contributed by atoms with van der Waals surface area (Å²) in [5, 5.41) is 13.0. The van der Waals surface area contributed by atoms with Crippen molar-refractivity contribution in [2.24, 2.45) is 0 Å². The number of halogens is 1. The summed E-state index contributed by atoms with van der Waals surface area (Å²) in [6, 6.07) is 6.48. The highest BCUT2D eigenvalue weighted by molar-refractivity contribution is 7.17. The lowest BCUT2D eigenvalue weighted by molar-refractivity contribution is 0.154. The van der Waals surface area contributed by atoms with Gasteiger partial charge in [0.15, 0.2) is 0 Å². The number of β-amino-alcohol motifs (C(OH)–C–C–N with tert-alkyl or cyclic N) is 1. The second-order valence-electron chi connectivity index (χ2n) is 5.78. The van der Waals surface area contributed by atoms with Gasteiger partial charge < -0.3 is 10.0 Å². The molecule has 3 aromatic rings. The maximum absolute atomic E-state index is 13.2. The van der Waals surface area contributed by atoms with E-state index in [1.165, 1.54) is 12.1 Å². The van der Waals surface area contributed by atoms with E-state index in [2.05, 4.69) is 14.9 Å². The van der Waals surface area contributed by atoms with Gasteiger partial charge in [0.05, 0.1) is 11.5 Å². The number of thiophene rings is 1. The minimum Gasteiger partial charge on any atom is -0.391 e. The molecule has 118 valence electrons. The van der Waals surface area contributed by atoms with Crippen LogP contribution in [0.3, 0.4) is 0 Å². The lowest BCUT2D eigenvalue weighted by Gasteiger charge is -2.31. The third-order valence-corrected chi connectivity index (χ3v) is 5.09. The number of anilines is 1. The van der Waals surface area contributed by atoms with Gasteiger partial charge in [-0.1, -0.05) is 12.1 Å². The molecule has 1 aliphatic heterocycles. The fraction of sp³-hybridized carbons (Fsp3) is 0.294. The lowest BCUT2D eigenvalue weighted by Crippen LogP contribution is -2.38. The first kappa shape index (κ1) is 14.5. The zero-order valence-corrected chi connectivity index (χ0v) is 13.3. The predicted molar refractivity (Wildman–Crippen MR) is 90.3 cm³/mol. The van der Waals surface area contributed by atoms with E-state index in [1.807, 2.05) is 5.38 Å². The number of piperidine rings is 1. The van der Waals surface area contributed by atoms with Crippen LogP contribution in [0.1, 0.15) is 12.8 Å². The molecule has 6 heteroatoms. The van der Waals surface area contributed by atoms with E-state index >= 15 is 0 Å². The molecule has 1 fully saturated rings. The van der Waals surface area contributed by atoms with Crippen molar-refractivity contribution in [1.82, 2.24) is 9.97 Å². The van der Waals surface area contributed by atoms with E-state index in [0.29, 0.717) is 6.54 Å². The van der Waals surface area contributed by atoms with E-state index in [9.17, 15) is 9.50 Å². The molecular formula is C17H16FN3OS. The topological polar surface area (TPSA) is 49.2 Å². The molecule has 1 unspecified atom stereocenters. The van der Waals surface area contributed by atoms with Crippen molar-refractivity contribution in [3.8, 4) is 11.1 Å². The summed E-state index contributed by atoms with van der Waals surface area (Å²) in [6.45, 7) is 1.46. The van der Waals surface area contributed by atoms with Crippen molar-refractivity contribution in [3.63, 3.8) is 0 Å². The smallest absolute Gasteiger partial charge is 0.141 e. The molecule has 0 saturated carbocycles. The van der Waals surface area contributed by atoms with Gasteiger partial charge in [-0.05, 0) is 30.5 Å². The van der Waals surface area contributed by atoms with Crippen molar-refractivity contribution in [2.75, 3.05) is 18.0 Å². The number of benzene rings is 1.